The minimum Gasteiger partial charge on any atom is -0.481 e. The Balaban J connectivity index is 1.67. The van der Waals surface area contributed by atoms with E-state index in [-0.39, 0.29) is 18.9 Å². The summed E-state index contributed by atoms with van der Waals surface area (Å²) in [6, 6.07) is 15.7. The third-order valence-electron chi connectivity index (χ3n) is 6.64. The lowest BCUT2D eigenvalue weighted by molar-refractivity contribution is -0.138. The summed E-state index contributed by atoms with van der Waals surface area (Å²) in [5.74, 6) is -1.43. The van der Waals surface area contributed by atoms with E-state index in [2.05, 4.69) is 34.9 Å². The Hall–Kier alpha value is -3.35. The lowest BCUT2D eigenvalue weighted by Gasteiger charge is -2.31. The predicted molar refractivity (Wildman–Crippen MR) is 135 cm³/mol. The summed E-state index contributed by atoms with van der Waals surface area (Å²) in [5, 5.41) is 14.8. The molecule has 0 fully saturated rings. The molecule has 2 atom stereocenters. The number of nitrogens with one attached hydrogen (secondary N) is 2. The van der Waals surface area contributed by atoms with Gasteiger partial charge in [0.1, 0.15) is 12.1 Å². The average molecular weight is 481 g/mol. The molecule has 0 aromatic heterocycles. The van der Waals surface area contributed by atoms with E-state index in [1.807, 2.05) is 38.1 Å². The van der Waals surface area contributed by atoms with Crippen LogP contribution in [0, 0.1) is 0 Å². The van der Waals surface area contributed by atoms with E-state index in [1.54, 1.807) is 6.92 Å². The maximum Gasteiger partial charge on any atom is 0.408 e. The molecule has 0 radical (unpaired) electrons. The Morgan fingerprint density at radius 1 is 1.00 bits per heavy atom. The fourth-order valence-electron chi connectivity index (χ4n) is 4.82. The van der Waals surface area contributed by atoms with Crippen LogP contribution in [0.15, 0.2) is 48.5 Å². The predicted octanol–water partition coefficient (Wildman–Crippen LogP) is 5.23. The molecule has 35 heavy (non-hydrogen) atoms. The summed E-state index contributed by atoms with van der Waals surface area (Å²) < 4.78 is 5.64. The number of carbonyl (C=O) groups is 3. The van der Waals surface area contributed by atoms with Gasteiger partial charge in [-0.1, -0.05) is 81.6 Å². The summed E-state index contributed by atoms with van der Waals surface area (Å²) >= 11 is 0. The van der Waals surface area contributed by atoms with E-state index in [4.69, 9.17) is 4.74 Å². The second kappa shape index (κ2) is 11.9. The number of ether oxygens (including phenoxy) is 1. The molecular weight excluding hydrogens is 444 g/mol. The summed E-state index contributed by atoms with van der Waals surface area (Å²) in [6.45, 7) is 5.75. The fraction of sp³-hybridized carbons (Fsp3) is 0.464. The van der Waals surface area contributed by atoms with Crippen LogP contribution in [0.1, 0.15) is 76.3 Å². The third-order valence-corrected chi connectivity index (χ3v) is 6.64. The zero-order chi connectivity index (χ0) is 25.4. The van der Waals surface area contributed by atoms with E-state index < -0.39 is 29.6 Å². The Kier molecular flexibility index (Phi) is 8.90. The quantitative estimate of drug-likeness (QED) is 0.386. The van der Waals surface area contributed by atoms with Gasteiger partial charge in [-0.25, -0.2) is 4.79 Å². The highest BCUT2D eigenvalue weighted by atomic mass is 16.5. The zero-order valence-corrected chi connectivity index (χ0v) is 20.8. The number of fused-ring (bicyclic) bond motifs is 3. The number of unbranched alkanes of at least 4 members (excludes halogenated alkanes) is 1. The monoisotopic (exact) mass is 480 g/mol. The molecule has 0 saturated heterocycles. The standard InChI is InChI=1S/C28H36N2O5/c1-4-6-11-19(17-25(31)32)29-26(33)28(3,16-5-2)30-27(34)35-18-24-22-14-9-7-12-20(22)21-13-8-10-15-23(21)24/h7-10,12-15,19,24H,4-6,11,16-18H2,1-3H3,(H,29,33)(H,30,34)(H,31,32)/t19-,28?/m0/s1. The molecule has 0 aliphatic heterocycles. The van der Waals surface area contributed by atoms with Crippen molar-refractivity contribution in [3.05, 3.63) is 59.7 Å². The Morgan fingerprint density at radius 2 is 1.60 bits per heavy atom. The lowest BCUT2D eigenvalue weighted by Crippen LogP contribution is -2.58. The van der Waals surface area contributed by atoms with Gasteiger partial charge in [-0.15, -0.1) is 0 Å². The number of benzene rings is 2. The highest BCUT2D eigenvalue weighted by Gasteiger charge is 2.37. The van der Waals surface area contributed by atoms with Crippen molar-refractivity contribution >= 4 is 18.0 Å². The van der Waals surface area contributed by atoms with Crippen molar-refractivity contribution in [1.82, 2.24) is 10.6 Å². The first kappa shape index (κ1) is 26.3. The van der Waals surface area contributed by atoms with Crippen molar-refractivity contribution in [2.75, 3.05) is 6.61 Å². The van der Waals surface area contributed by atoms with Gasteiger partial charge in [0, 0.05) is 12.0 Å². The van der Waals surface area contributed by atoms with E-state index >= 15 is 0 Å². The lowest BCUT2D eigenvalue weighted by atomic mass is 9.94. The second-order valence-electron chi connectivity index (χ2n) is 9.44. The first-order valence-electron chi connectivity index (χ1n) is 12.4. The minimum absolute atomic E-state index is 0.0756. The number of aliphatic carboxylic acids is 1. The van der Waals surface area contributed by atoms with Gasteiger partial charge in [-0.2, -0.15) is 0 Å². The van der Waals surface area contributed by atoms with Crippen molar-refractivity contribution in [1.29, 1.82) is 0 Å². The van der Waals surface area contributed by atoms with Gasteiger partial charge in [0.25, 0.3) is 0 Å². The van der Waals surface area contributed by atoms with Gasteiger partial charge in [-0.05, 0) is 42.0 Å². The minimum atomic E-state index is -1.21. The van der Waals surface area contributed by atoms with Crippen LogP contribution in [0.2, 0.25) is 0 Å². The second-order valence-corrected chi connectivity index (χ2v) is 9.44. The number of carbonyl (C=O) groups excluding carboxylic acids is 2. The molecule has 1 unspecified atom stereocenters. The molecule has 188 valence electrons. The molecule has 3 rings (SSSR count). The largest absolute Gasteiger partial charge is 0.481 e. The van der Waals surface area contributed by atoms with Gasteiger partial charge >= 0.3 is 12.1 Å². The molecule has 1 aliphatic rings. The highest BCUT2D eigenvalue weighted by molar-refractivity contribution is 5.90. The Bertz CT molecular complexity index is 1010. The molecule has 0 bridgehead atoms. The van der Waals surface area contributed by atoms with Crippen LogP contribution in [-0.2, 0) is 14.3 Å². The average Bonchev–Trinajstić information content (AvgIpc) is 3.14. The molecule has 2 aromatic rings. The van der Waals surface area contributed by atoms with Crippen molar-refractivity contribution in [3.63, 3.8) is 0 Å². The molecule has 2 aromatic carbocycles. The Labute approximate surface area is 207 Å². The number of hydrogen-bond acceptors (Lipinski definition) is 4. The van der Waals surface area contributed by atoms with Crippen LogP contribution in [0.3, 0.4) is 0 Å². The maximum atomic E-state index is 13.2. The molecule has 0 saturated carbocycles. The van der Waals surface area contributed by atoms with Crippen LogP contribution >= 0.6 is 0 Å². The maximum absolute atomic E-state index is 13.2. The number of hydrogen-bond donors (Lipinski definition) is 3. The molecule has 2 amide bonds. The van der Waals surface area contributed by atoms with Gasteiger partial charge < -0.3 is 20.5 Å². The number of alkyl carbamates (subject to hydrolysis) is 1. The normalized spacial score (nSPS) is 14.8. The number of rotatable bonds is 12. The smallest absolute Gasteiger partial charge is 0.408 e. The summed E-state index contributed by atoms with van der Waals surface area (Å²) in [6.07, 6.45) is 2.52. The van der Waals surface area contributed by atoms with E-state index in [0.29, 0.717) is 19.3 Å². The summed E-state index contributed by atoms with van der Waals surface area (Å²) in [7, 11) is 0. The van der Waals surface area contributed by atoms with Gasteiger partial charge in [0.2, 0.25) is 5.91 Å². The van der Waals surface area contributed by atoms with Crippen LogP contribution in [0.5, 0.6) is 0 Å². The van der Waals surface area contributed by atoms with Crippen molar-refractivity contribution in [2.24, 2.45) is 0 Å². The summed E-state index contributed by atoms with van der Waals surface area (Å²) in [5.41, 5.74) is 3.30. The molecule has 7 nitrogen and oxygen atoms in total. The van der Waals surface area contributed by atoms with E-state index in [1.165, 1.54) is 0 Å². The molecule has 3 N–H and O–H groups in total. The zero-order valence-electron chi connectivity index (χ0n) is 20.8. The highest BCUT2D eigenvalue weighted by Crippen LogP contribution is 2.44. The van der Waals surface area contributed by atoms with Gasteiger partial charge in [-0.3, -0.25) is 9.59 Å². The first-order valence-corrected chi connectivity index (χ1v) is 12.4. The number of carboxylic acids is 1. The van der Waals surface area contributed by atoms with E-state index in [9.17, 15) is 19.5 Å². The van der Waals surface area contributed by atoms with Crippen LogP contribution in [-0.4, -0.2) is 41.3 Å². The Morgan fingerprint density at radius 3 is 2.14 bits per heavy atom. The van der Waals surface area contributed by atoms with Crippen LogP contribution in [0.4, 0.5) is 4.79 Å². The molecule has 1 aliphatic carbocycles. The fourth-order valence-corrected chi connectivity index (χ4v) is 4.82. The van der Waals surface area contributed by atoms with Crippen molar-refractivity contribution in [3.8, 4) is 11.1 Å². The molecular formula is C28H36N2O5. The summed E-state index contributed by atoms with van der Waals surface area (Å²) in [4.78, 5) is 37.3. The van der Waals surface area contributed by atoms with Crippen LogP contribution in [0.25, 0.3) is 11.1 Å². The topological polar surface area (TPSA) is 105 Å². The molecule has 0 spiro atoms. The number of carboxylic acid groups (broad SMARTS) is 1. The van der Waals surface area contributed by atoms with Crippen molar-refractivity contribution in [2.45, 2.75) is 76.8 Å². The number of amides is 2. The van der Waals surface area contributed by atoms with Gasteiger partial charge in [0.15, 0.2) is 0 Å². The van der Waals surface area contributed by atoms with Gasteiger partial charge in [0.05, 0.1) is 6.42 Å². The SMILES string of the molecule is CCCC[C@@H](CC(=O)O)NC(=O)C(C)(CCC)NC(=O)OCC1c2ccccc2-c2ccccc21. The molecule has 0 heterocycles. The van der Waals surface area contributed by atoms with Crippen LogP contribution < -0.4 is 10.6 Å². The molecule has 7 heteroatoms. The first-order chi connectivity index (χ1) is 16.8. The van der Waals surface area contributed by atoms with E-state index in [0.717, 1.165) is 35.1 Å². The van der Waals surface area contributed by atoms with Crippen molar-refractivity contribution < 1.29 is 24.2 Å². The third kappa shape index (κ3) is 6.41.